The Morgan fingerprint density at radius 1 is 1.13 bits per heavy atom. The predicted octanol–water partition coefficient (Wildman–Crippen LogP) is 6.14. The predicted molar refractivity (Wildman–Crippen MR) is 132 cm³/mol. The van der Waals surface area contributed by atoms with E-state index in [1.165, 1.54) is 18.4 Å². The van der Waals surface area contributed by atoms with Crippen LogP contribution in [0.2, 0.25) is 10.0 Å². The molecule has 1 N–H and O–H groups in total. The van der Waals surface area contributed by atoms with Crippen molar-refractivity contribution in [1.29, 1.82) is 0 Å². The molecule has 2 saturated heterocycles. The molecule has 3 atom stereocenters. The largest absolute Gasteiger partial charge is 0.393 e. The number of benzene rings is 1. The van der Waals surface area contributed by atoms with Gasteiger partial charge in [-0.15, -0.1) is 0 Å². The van der Waals surface area contributed by atoms with Gasteiger partial charge in [0.25, 0.3) is 0 Å². The number of thiophene rings is 1. The molecular formula is C25H34Cl2N2OS. The molecule has 0 saturated carbocycles. The molecule has 6 heteroatoms. The molecule has 0 amide bonds. The van der Waals surface area contributed by atoms with E-state index in [4.69, 9.17) is 23.2 Å². The number of aliphatic hydroxyl groups excluding tert-OH is 1. The number of likely N-dealkylation sites (tertiary alicyclic amines) is 2. The summed E-state index contributed by atoms with van der Waals surface area (Å²) in [5.74, 6) is 1.90. The lowest BCUT2D eigenvalue weighted by atomic mass is 9.87. The van der Waals surface area contributed by atoms with Crippen molar-refractivity contribution in [2.75, 3.05) is 32.7 Å². The average molecular weight is 482 g/mol. The van der Waals surface area contributed by atoms with Gasteiger partial charge in [-0.2, -0.15) is 11.3 Å². The van der Waals surface area contributed by atoms with Crippen LogP contribution in [0.5, 0.6) is 0 Å². The average Bonchev–Trinajstić information content (AvgIpc) is 3.41. The molecule has 3 nitrogen and oxygen atoms in total. The maximum atomic E-state index is 10.00. The molecule has 31 heavy (non-hydrogen) atoms. The minimum atomic E-state index is -0.123. The van der Waals surface area contributed by atoms with Gasteiger partial charge in [-0.3, -0.25) is 4.90 Å². The lowest BCUT2D eigenvalue weighted by Gasteiger charge is -2.35. The monoisotopic (exact) mass is 480 g/mol. The summed E-state index contributed by atoms with van der Waals surface area (Å²) in [4.78, 5) is 5.23. The van der Waals surface area contributed by atoms with Gasteiger partial charge in [0.15, 0.2) is 0 Å². The summed E-state index contributed by atoms with van der Waals surface area (Å²) < 4.78 is 0. The van der Waals surface area contributed by atoms with Gasteiger partial charge in [-0.1, -0.05) is 36.2 Å². The Bertz CT molecular complexity index is 823. The van der Waals surface area contributed by atoms with E-state index in [1.54, 1.807) is 11.3 Å². The minimum Gasteiger partial charge on any atom is -0.393 e. The second-order valence-electron chi connectivity index (χ2n) is 9.39. The maximum Gasteiger partial charge on any atom is 0.0540 e. The van der Waals surface area contributed by atoms with Crippen molar-refractivity contribution in [2.45, 2.75) is 51.2 Å². The molecule has 4 rings (SSSR count). The van der Waals surface area contributed by atoms with Crippen LogP contribution in [0.25, 0.3) is 0 Å². The second-order valence-corrected chi connectivity index (χ2v) is 11.0. The Kier molecular flexibility index (Phi) is 8.35. The Morgan fingerprint density at radius 3 is 2.61 bits per heavy atom. The summed E-state index contributed by atoms with van der Waals surface area (Å²) in [5, 5.41) is 16.0. The van der Waals surface area contributed by atoms with Gasteiger partial charge in [-0.05, 0) is 90.7 Å². The van der Waals surface area contributed by atoms with Gasteiger partial charge >= 0.3 is 0 Å². The van der Waals surface area contributed by atoms with Crippen molar-refractivity contribution in [3.05, 3.63) is 56.2 Å². The number of rotatable bonds is 8. The standard InChI is InChI=1S/C25H34Cl2N2OS/c1-2-23(30)11-18-5-8-28(9-6-18)14-21-15-29(16-24(21)20-7-10-31-17-20)13-19-3-4-22(26)12-25(19)27/h3-4,7,10,12,17-18,21,23-24,30H,2,5-6,8-9,11,13-16H2,1H3/t21?,23?,24-/m1/s1. The van der Waals surface area contributed by atoms with E-state index < -0.39 is 0 Å². The molecule has 2 fully saturated rings. The van der Waals surface area contributed by atoms with E-state index in [-0.39, 0.29) is 6.10 Å². The van der Waals surface area contributed by atoms with Gasteiger partial charge in [0.1, 0.15) is 0 Å². The molecule has 1 aromatic heterocycles. The first-order chi connectivity index (χ1) is 15.0. The minimum absolute atomic E-state index is 0.123. The normalized spacial score (nSPS) is 24.6. The van der Waals surface area contributed by atoms with Crippen molar-refractivity contribution in [3.63, 3.8) is 0 Å². The lowest BCUT2D eigenvalue weighted by molar-refractivity contribution is 0.0984. The zero-order chi connectivity index (χ0) is 21.8. The number of halogens is 2. The third-order valence-electron chi connectivity index (χ3n) is 7.17. The van der Waals surface area contributed by atoms with E-state index in [2.05, 4.69) is 39.6 Å². The van der Waals surface area contributed by atoms with Crippen LogP contribution in [0, 0.1) is 11.8 Å². The first-order valence-corrected chi connectivity index (χ1v) is 13.3. The lowest BCUT2D eigenvalue weighted by Crippen LogP contribution is -2.39. The first kappa shape index (κ1) is 23.5. The van der Waals surface area contributed by atoms with E-state index >= 15 is 0 Å². The Hall–Kier alpha value is -0.620. The third-order valence-corrected chi connectivity index (χ3v) is 8.46. The number of nitrogens with zero attached hydrogens (tertiary/aromatic N) is 2. The highest BCUT2D eigenvalue weighted by atomic mass is 35.5. The Morgan fingerprint density at radius 2 is 1.94 bits per heavy atom. The van der Waals surface area contributed by atoms with Crippen molar-refractivity contribution in [1.82, 2.24) is 9.80 Å². The molecule has 0 spiro atoms. The number of aliphatic hydroxyl groups is 1. The van der Waals surface area contributed by atoms with Gasteiger partial charge in [0.2, 0.25) is 0 Å². The van der Waals surface area contributed by atoms with Crippen molar-refractivity contribution >= 4 is 34.5 Å². The van der Waals surface area contributed by atoms with Crippen LogP contribution in [-0.4, -0.2) is 53.7 Å². The third kappa shape index (κ3) is 6.25. The van der Waals surface area contributed by atoms with Crippen LogP contribution in [0.1, 0.15) is 49.7 Å². The summed E-state index contributed by atoms with van der Waals surface area (Å²) in [5.41, 5.74) is 2.65. The molecule has 2 aromatic rings. The molecule has 0 radical (unpaired) electrons. The maximum absolute atomic E-state index is 10.00. The van der Waals surface area contributed by atoms with Crippen LogP contribution >= 0.6 is 34.5 Å². The smallest absolute Gasteiger partial charge is 0.0540 e. The Labute approximate surface area is 201 Å². The summed E-state index contributed by atoms with van der Waals surface area (Å²) in [6, 6.07) is 8.15. The SMILES string of the molecule is CCC(O)CC1CCN(CC2CN(Cc3ccc(Cl)cc3Cl)C[C@@H]2c2ccsc2)CC1. The fourth-order valence-corrected chi connectivity index (χ4v) is 6.51. The van der Waals surface area contributed by atoms with Crippen LogP contribution in [-0.2, 0) is 6.54 Å². The fraction of sp³-hybridized carbons (Fsp3) is 0.600. The van der Waals surface area contributed by atoms with Crippen LogP contribution in [0.3, 0.4) is 0 Å². The summed E-state index contributed by atoms with van der Waals surface area (Å²) in [7, 11) is 0. The molecule has 2 aliphatic rings. The molecule has 0 aliphatic carbocycles. The molecule has 3 heterocycles. The van der Waals surface area contributed by atoms with Crippen molar-refractivity contribution in [3.8, 4) is 0 Å². The highest BCUT2D eigenvalue weighted by molar-refractivity contribution is 7.08. The van der Waals surface area contributed by atoms with Crippen molar-refractivity contribution in [2.24, 2.45) is 11.8 Å². The number of hydrogen-bond acceptors (Lipinski definition) is 4. The second kappa shape index (κ2) is 11.0. The fourth-order valence-electron chi connectivity index (χ4n) is 5.32. The Balaban J connectivity index is 1.37. The summed E-state index contributed by atoms with van der Waals surface area (Å²) in [6.45, 7) is 8.63. The molecule has 2 aliphatic heterocycles. The van der Waals surface area contributed by atoms with Crippen LogP contribution < -0.4 is 0 Å². The highest BCUT2D eigenvalue weighted by Crippen LogP contribution is 2.36. The van der Waals surface area contributed by atoms with Gasteiger partial charge in [0, 0.05) is 42.1 Å². The summed E-state index contributed by atoms with van der Waals surface area (Å²) in [6.07, 6.45) is 4.16. The van der Waals surface area contributed by atoms with Gasteiger partial charge in [-0.25, -0.2) is 0 Å². The van der Waals surface area contributed by atoms with E-state index in [9.17, 15) is 5.11 Å². The zero-order valence-electron chi connectivity index (χ0n) is 18.4. The summed E-state index contributed by atoms with van der Waals surface area (Å²) >= 11 is 14.3. The van der Waals surface area contributed by atoms with Crippen LogP contribution in [0.4, 0.5) is 0 Å². The quantitative estimate of drug-likeness (QED) is 0.490. The number of hydrogen-bond donors (Lipinski definition) is 1. The van der Waals surface area contributed by atoms with Gasteiger partial charge < -0.3 is 10.0 Å². The topological polar surface area (TPSA) is 26.7 Å². The number of piperidine rings is 1. The van der Waals surface area contributed by atoms with Gasteiger partial charge in [0.05, 0.1) is 6.10 Å². The molecule has 2 unspecified atom stereocenters. The first-order valence-electron chi connectivity index (χ1n) is 11.6. The molecular weight excluding hydrogens is 447 g/mol. The highest BCUT2D eigenvalue weighted by Gasteiger charge is 2.36. The molecule has 170 valence electrons. The zero-order valence-corrected chi connectivity index (χ0v) is 20.7. The molecule has 1 aromatic carbocycles. The van der Waals surface area contributed by atoms with E-state index in [0.29, 0.717) is 22.8 Å². The van der Waals surface area contributed by atoms with E-state index in [0.717, 1.165) is 62.7 Å². The van der Waals surface area contributed by atoms with E-state index in [1.807, 2.05) is 12.1 Å². The molecule has 0 bridgehead atoms. The van der Waals surface area contributed by atoms with Crippen molar-refractivity contribution < 1.29 is 5.11 Å². The van der Waals surface area contributed by atoms with Crippen LogP contribution in [0.15, 0.2) is 35.0 Å².